The molecule has 0 saturated carbocycles. The molecule has 2 rings (SSSR count). The molecule has 0 saturated heterocycles. The van der Waals surface area contributed by atoms with Crippen LogP contribution >= 0.6 is 11.3 Å². The van der Waals surface area contributed by atoms with Crippen LogP contribution in [0.1, 0.15) is 18.5 Å². The smallest absolute Gasteiger partial charge is 0.266 e. The second-order valence-corrected chi connectivity index (χ2v) is 4.11. The SMILES string of the molecule is OC1(c2cscn2)C=CC(F)(F)CC1. The second kappa shape index (κ2) is 3.10. The zero-order valence-corrected chi connectivity index (χ0v) is 8.10. The monoisotopic (exact) mass is 217 g/mol. The first-order chi connectivity index (χ1) is 6.52. The van der Waals surface area contributed by atoms with E-state index in [0.29, 0.717) is 5.69 Å². The summed E-state index contributed by atoms with van der Waals surface area (Å²) in [4.78, 5) is 3.93. The van der Waals surface area contributed by atoms with Crippen LogP contribution in [0.3, 0.4) is 0 Å². The fraction of sp³-hybridized carbons (Fsp3) is 0.444. The maximum Gasteiger partial charge on any atom is 0.266 e. The van der Waals surface area contributed by atoms with Crippen LogP contribution in [0.15, 0.2) is 23.0 Å². The number of aliphatic hydroxyl groups is 1. The highest BCUT2D eigenvalue weighted by Gasteiger charge is 2.39. The van der Waals surface area contributed by atoms with Crippen molar-refractivity contribution >= 4 is 11.3 Å². The quantitative estimate of drug-likeness (QED) is 0.732. The highest BCUT2D eigenvalue weighted by atomic mass is 32.1. The molecule has 5 heteroatoms. The molecule has 1 heterocycles. The molecule has 0 radical (unpaired) electrons. The molecule has 1 aliphatic carbocycles. The van der Waals surface area contributed by atoms with Gasteiger partial charge in [-0.25, -0.2) is 13.8 Å². The number of alkyl halides is 2. The van der Waals surface area contributed by atoms with Gasteiger partial charge in [-0.1, -0.05) is 0 Å². The van der Waals surface area contributed by atoms with Gasteiger partial charge >= 0.3 is 0 Å². The summed E-state index contributed by atoms with van der Waals surface area (Å²) >= 11 is 1.34. The van der Waals surface area contributed by atoms with Gasteiger partial charge in [-0.3, -0.25) is 0 Å². The van der Waals surface area contributed by atoms with Crippen molar-refractivity contribution in [2.45, 2.75) is 24.4 Å². The third kappa shape index (κ3) is 1.69. The fourth-order valence-corrected chi connectivity index (χ4v) is 2.05. The molecule has 0 bridgehead atoms. The van der Waals surface area contributed by atoms with Gasteiger partial charge in [0, 0.05) is 11.8 Å². The molecule has 1 unspecified atom stereocenters. The lowest BCUT2D eigenvalue weighted by Gasteiger charge is -2.29. The molecule has 2 nitrogen and oxygen atoms in total. The summed E-state index contributed by atoms with van der Waals surface area (Å²) in [6.45, 7) is 0. The standard InChI is InChI=1S/C9H9F2NOS/c10-9(11)3-1-8(13,2-4-9)7-5-14-6-12-7/h1,3,5-6,13H,2,4H2. The highest BCUT2D eigenvalue weighted by Crippen LogP contribution is 2.38. The zero-order valence-electron chi connectivity index (χ0n) is 7.28. The van der Waals surface area contributed by atoms with Gasteiger partial charge in [0.05, 0.1) is 11.2 Å². The van der Waals surface area contributed by atoms with Gasteiger partial charge in [-0.2, -0.15) is 0 Å². The lowest BCUT2D eigenvalue weighted by atomic mass is 9.87. The van der Waals surface area contributed by atoms with E-state index in [1.807, 2.05) is 0 Å². The van der Waals surface area contributed by atoms with E-state index < -0.39 is 11.5 Å². The average Bonchev–Trinajstić information content (AvgIpc) is 2.64. The van der Waals surface area contributed by atoms with E-state index in [0.717, 1.165) is 12.2 Å². The summed E-state index contributed by atoms with van der Waals surface area (Å²) in [5.41, 5.74) is 0.726. The summed E-state index contributed by atoms with van der Waals surface area (Å²) < 4.78 is 25.5. The van der Waals surface area contributed by atoms with Crippen LogP contribution in [0.4, 0.5) is 8.78 Å². The summed E-state index contributed by atoms with van der Waals surface area (Å²) in [6.07, 6.45) is 1.58. The van der Waals surface area contributed by atoms with Gasteiger partial charge in [0.1, 0.15) is 5.60 Å². The molecule has 14 heavy (non-hydrogen) atoms. The summed E-state index contributed by atoms with van der Waals surface area (Å²) in [6, 6.07) is 0. The van der Waals surface area contributed by atoms with E-state index in [2.05, 4.69) is 4.98 Å². The lowest BCUT2D eigenvalue weighted by Crippen LogP contribution is -2.31. The lowest BCUT2D eigenvalue weighted by molar-refractivity contribution is -0.0151. The van der Waals surface area contributed by atoms with Crippen LogP contribution in [-0.4, -0.2) is 16.0 Å². The first-order valence-electron chi connectivity index (χ1n) is 4.21. The average molecular weight is 217 g/mol. The van der Waals surface area contributed by atoms with Crippen LogP contribution in [0.25, 0.3) is 0 Å². The molecule has 1 atom stereocenters. The molecule has 1 N–H and O–H groups in total. The van der Waals surface area contributed by atoms with Crippen molar-refractivity contribution in [2.24, 2.45) is 0 Å². The van der Waals surface area contributed by atoms with Crippen molar-refractivity contribution < 1.29 is 13.9 Å². The van der Waals surface area contributed by atoms with Crippen molar-refractivity contribution in [1.29, 1.82) is 0 Å². The maximum atomic E-state index is 12.8. The Bertz CT molecular complexity index is 350. The van der Waals surface area contributed by atoms with Gasteiger partial charge < -0.3 is 5.11 Å². The minimum Gasteiger partial charge on any atom is -0.379 e. The van der Waals surface area contributed by atoms with Gasteiger partial charge in [-0.05, 0) is 18.6 Å². The number of rotatable bonds is 1. The molecule has 0 fully saturated rings. The molecular weight excluding hydrogens is 208 g/mol. The summed E-state index contributed by atoms with van der Waals surface area (Å²) in [5.74, 6) is -2.79. The Kier molecular flexibility index (Phi) is 2.16. The Morgan fingerprint density at radius 1 is 1.36 bits per heavy atom. The highest BCUT2D eigenvalue weighted by molar-refractivity contribution is 7.07. The van der Waals surface area contributed by atoms with Crippen LogP contribution in [-0.2, 0) is 5.60 Å². The number of halogens is 2. The topological polar surface area (TPSA) is 33.1 Å². The van der Waals surface area contributed by atoms with Crippen LogP contribution in [0.2, 0.25) is 0 Å². The van der Waals surface area contributed by atoms with Crippen LogP contribution in [0.5, 0.6) is 0 Å². The molecular formula is C9H9F2NOS. The molecule has 1 aliphatic rings. The molecule has 76 valence electrons. The minimum atomic E-state index is -2.79. The third-order valence-corrected chi connectivity index (χ3v) is 2.90. The summed E-state index contributed by atoms with van der Waals surface area (Å²) in [7, 11) is 0. The van der Waals surface area contributed by atoms with Gasteiger partial charge in [-0.15, -0.1) is 11.3 Å². The molecule has 0 spiro atoms. The number of thiazole rings is 1. The van der Waals surface area contributed by atoms with E-state index in [1.54, 1.807) is 10.9 Å². The maximum absolute atomic E-state index is 12.8. The van der Waals surface area contributed by atoms with Crippen LogP contribution < -0.4 is 0 Å². The van der Waals surface area contributed by atoms with Crippen molar-refractivity contribution in [3.05, 3.63) is 28.7 Å². The number of allylic oxidation sites excluding steroid dienone is 1. The first-order valence-corrected chi connectivity index (χ1v) is 5.15. The Balaban J connectivity index is 2.29. The van der Waals surface area contributed by atoms with Gasteiger partial charge in [0.15, 0.2) is 0 Å². The number of nitrogens with zero attached hydrogens (tertiary/aromatic N) is 1. The van der Waals surface area contributed by atoms with Crippen molar-refractivity contribution in [3.8, 4) is 0 Å². The third-order valence-electron chi connectivity index (χ3n) is 2.32. The van der Waals surface area contributed by atoms with Crippen molar-refractivity contribution in [1.82, 2.24) is 4.98 Å². The van der Waals surface area contributed by atoms with Crippen molar-refractivity contribution in [2.75, 3.05) is 0 Å². The molecule has 0 amide bonds. The van der Waals surface area contributed by atoms with E-state index in [1.165, 1.54) is 11.3 Å². The van der Waals surface area contributed by atoms with E-state index in [4.69, 9.17) is 0 Å². The molecule has 1 aromatic rings. The van der Waals surface area contributed by atoms with E-state index in [-0.39, 0.29) is 12.8 Å². The normalized spacial score (nSPS) is 30.5. The molecule has 0 aliphatic heterocycles. The summed E-state index contributed by atoms with van der Waals surface area (Å²) in [5, 5.41) is 11.7. The Morgan fingerprint density at radius 2 is 2.14 bits per heavy atom. The number of hydrogen-bond donors (Lipinski definition) is 1. The second-order valence-electron chi connectivity index (χ2n) is 3.39. The fourth-order valence-electron chi connectivity index (χ4n) is 1.42. The van der Waals surface area contributed by atoms with Crippen LogP contribution in [0, 0.1) is 0 Å². The predicted molar refractivity (Wildman–Crippen MR) is 49.3 cm³/mol. The Labute approximate surface area is 83.9 Å². The Morgan fingerprint density at radius 3 is 2.64 bits per heavy atom. The van der Waals surface area contributed by atoms with Crippen molar-refractivity contribution in [3.63, 3.8) is 0 Å². The largest absolute Gasteiger partial charge is 0.379 e. The number of hydrogen-bond acceptors (Lipinski definition) is 3. The van der Waals surface area contributed by atoms with E-state index >= 15 is 0 Å². The van der Waals surface area contributed by atoms with Gasteiger partial charge in [0.2, 0.25) is 0 Å². The Hall–Kier alpha value is -0.810. The minimum absolute atomic E-state index is 0.0141. The van der Waals surface area contributed by atoms with E-state index in [9.17, 15) is 13.9 Å². The zero-order chi connectivity index (χ0) is 10.2. The number of aromatic nitrogens is 1. The molecule has 1 aromatic heterocycles. The van der Waals surface area contributed by atoms with Gasteiger partial charge in [0.25, 0.3) is 5.92 Å². The molecule has 0 aromatic carbocycles. The first kappa shape index (κ1) is 9.73. The predicted octanol–water partition coefficient (Wildman–Crippen LogP) is 2.32.